The molecule has 10 unspecified atom stereocenters. The summed E-state index contributed by atoms with van der Waals surface area (Å²) in [5.74, 6) is 3.96. The Morgan fingerprint density at radius 3 is 2.77 bits per heavy atom. The lowest BCUT2D eigenvalue weighted by atomic mass is 9.90. The highest BCUT2D eigenvalue weighted by molar-refractivity contribution is 6.14. The fraction of sp³-hybridized carbons (Fsp3) is 1.00. The van der Waals surface area contributed by atoms with Crippen LogP contribution in [0.1, 0.15) is 19.8 Å². The van der Waals surface area contributed by atoms with Crippen molar-refractivity contribution in [2.45, 2.75) is 19.8 Å². The molecule has 0 N–H and O–H groups in total. The SMILES string of the molecule is CCC1C2C13C21C32C34C56CC5C63C142. The standard InChI is InChI=1S/C13H10/c1-2-4-6-8(4)10(6)12(8)11-7-3-5(7)9(7,11)13(10,11)12/h4-6H,2-3H2,1H3. The summed E-state index contributed by atoms with van der Waals surface area (Å²) in [5, 5.41) is 0. The van der Waals surface area contributed by atoms with Gasteiger partial charge in [-0.05, 0) is 62.1 Å². The molecule has 9 saturated carbocycles. The summed E-state index contributed by atoms with van der Waals surface area (Å²) >= 11 is 0. The van der Waals surface area contributed by atoms with Crippen molar-refractivity contribution in [1.29, 1.82) is 0 Å². The number of hydrogen-bond donors (Lipinski definition) is 0. The minimum Gasteiger partial charge on any atom is -0.0651 e. The lowest BCUT2D eigenvalue weighted by Gasteiger charge is -2.13. The zero-order chi connectivity index (χ0) is 7.65. The molecule has 0 bridgehead atoms. The van der Waals surface area contributed by atoms with Gasteiger partial charge in [-0.1, -0.05) is 13.3 Å². The smallest absolute Gasteiger partial charge is 0.000749 e. The first-order valence-electron chi connectivity index (χ1n) is 6.40. The monoisotopic (exact) mass is 166 g/mol. The van der Waals surface area contributed by atoms with Gasteiger partial charge in [0.25, 0.3) is 0 Å². The summed E-state index contributed by atoms with van der Waals surface area (Å²) in [7, 11) is 0. The van der Waals surface area contributed by atoms with Crippen LogP contribution in [0.2, 0.25) is 0 Å². The van der Waals surface area contributed by atoms with E-state index in [0.29, 0.717) is 0 Å². The molecule has 0 nitrogen and oxygen atoms in total. The summed E-state index contributed by atoms with van der Waals surface area (Å²) in [4.78, 5) is 0. The Hall–Kier alpha value is 0. The van der Waals surface area contributed by atoms with Crippen molar-refractivity contribution in [3.05, 3.63) is 0 Å². The fourth-order valence-electron chi connectivity index (χ4n) is 11.1. The third-order valence-corrected chi connectivity index (χ3v) is 9.98. The van der Waals surface area contributed by atoms with Crippen molar-refractivity contribution in [2.24, 2.45) is 55.7 Å². The van der Waals surface area contributed by atoms with Gasteiger partial charge < -0.3 is 0 Å². The van der Waals surface area contributed by atoms with Gasteiger partial charge in [-0.15, -0.1) is 0 Å². The molecular formula is C13H10. The van der Waals surface area contributed by atoms with Gasteiger partial charge in [-0.2, -0.15) is 0 Å². The normalized spacial score (nSPS) is 131. The van der Waals surface area contributed by atoms with Gasteiger partial charge in [0, 0.05) is 0 Å². The second-order valence-electron chi connectivity index (χ2n) is 7.96. The maximum absolute atomic E-state index is 2.44. The Bertz CT molecular complexity index is 581. The van der Waals surface area contributed by atoms with Gasteiger partial charge in [0.15, 0.2) is 0 Å². The first-order valence-corrected chi connectivity index (χ1v) is 6.40. The van der Waals surface area contributed by atoms with E-state index in [1.807, 2.05) is 0 Å². The molecule has 9 aliphatic rings. The molecule has 0 saturated heterocycles. The van der Waals surface area contributed by atoms with Crippen molar-refractivity contribution in [2.75, 3.05) is 0 Å². The second-order valence-corrected chi connectivity index (χ2v) is 7.96. The topological polar surface area (TPSA) is 0 Å². The van der Waals surface area contributed by atoms with Gasteiger partial charge in [-0.25, -0.2) is 0 Å². The van der Waals surface area contributed by atoms with Crippen LogP contribution in [0.15, 0.2) is 0 Å². The molecule has 0 aromatic heterocycles. The molecule has 0 heterocycles. The van der Waals surface area contributed by atoms with Crippen LogP contribution >= 0.6 is 0 Å². The van der Waals surface area contributed by atoms with Crippen LogP contribution in [0.5, 0.6) is 0 Å². The summed E-state index contributed by atoms with van der Waals surface area (Å²) < 4.78 is 0. The van der Waals surface area contributed by atoms with Crippen LogP contribution in [0.3, 0.4) is 0 Å². The van der Waals surface area contributed by atoms with E-state index in [1.54, 1.807) is 6.42 Å². The minimum atomic E-state index is 1.12. The van der Waals surface area contributed by atoms with E-state index in [2.05, 4.69) is 6.92 Å². The van der Waals surface area contributed by atoms with Crippen molar-refractivity contribution in [3.8, 4) is 0 Å². The van der Waals surface area contributed by atoms with Crippen molar-refractivity contribution >= 4 is 0 Å². The van der Waals surface area contributed by atoms with Gasteiger partial charge in [-0.3, -0.25) is 0 Å². The van der Waals surface area contributed by atoms with Crippen molar-refractivity contribution in [1.82, 2.24) is 0 Å². The van der Waals surface area contributed by atoms with Crippen LogP contribution in [-0.2, 0) is 0 Å². The molecular weight excluding hydrogens is 156 g/mol. The Balaban J connectivity index is 1.45. The lowest BCUT2D eigenvalue weighted by Crippen LogP contribution is -2.10. The maximum Gasteiger partial charge on any atom is -0.000749 e. The van der Waals surface area contributed by atoms with E-state index in [9.17, 15) is 0 Å². The number of hydrogen-bond acceptors (Lipinski definition) is 0. The predicted molar refractivity (Wildman–Crippen MR) is 42.4 cm³/mol. The quantitative estimate of drug-likeness (QED) is 0.555. The van der Waals surface area contributed by atoms with Crippen LogP contribution in [0.25, 0.3) is 0 Å². The van der Waals surface area contributed by atoms with E-state index in [1.165, 1.54) is 45.8 Å². The average molecular weight is 166 g/mol. The molecule has 13 heavy (non-hydrogen) atoms. The maximum atomic E-state index is 2.44. The third kappa shape index (κ3) is 0.0806. The van der Waals surface area contributed by atoms with E-state index in [4.69, 9.17) is 0 Å². The van der Waals surface area contributed by atoms with E-state index >= 15 is 0 Å². The average Bonchev–Trinajstić information content (AvgIpc) is 2.78. The van der Waals surface area contributed by atoms with Gasteiger partial charge in [0.1, 0.15) is 0 Å². The summed E-state index contributed by atoms with van der Waals surface area (Å²) in [5.41, 5.74) is 8.10. The van der Waals surface area contributed by atoms with Gasteiger partial charge >= 0.3 is 0 Å². The Morgan fingerprint density at radius 2 is 2.08 bits per heavy atom. The van der Waals surface area contributed by atoms with E-state index in [0.717, 1.165) is 16.2 Å². The largest absolute Gasteiger partial charge is 0.0651 e. The molecule has 7 spiro atoms. The molecule has 9 fully saturated rings. The van der Waals surface area contributed by atoms with Gasteiger partial charge in [0.05, 0.1) is 0 Å². The molecule has 9 aliphatic carbocycles. The molecule has 0 aromatic carbocycles. The first kappa shape index (κ1) is 4.24. The summed E-state index contributed by atoms with van der Waals surface area (Å²) in [6.45, 7) is 2.44. The van der Waals surface area contributed by atoms with Crippen LogP contribution in [0, 0.1) is 55.7 Å². The molecule has 0 aliphatic heterocycles. The highest BCUT2D eigenvalue weighted by Gasteiger charge is 3.70. The summed E-state index contributed by atoms with van der Waals surface area (Å²) in [6, 6.07) is 0. The van der Waals surface area contributed by atoms with Crippen molar-refractivity contribution < 1.29 is 0 Å². The highest BCUT2D eigenvalue weighted by atomic mass is 15.7. The molecule has 0 radical (unpaired) electrons. The second kappa shape index (κ2) is 0.517. The molecule has 0 heteroatoms. The zero-order valence-corrected chi connectivity index (χ0v) is 7.65. The summed E-state index contributed by atoms with van der Waals surface area (Å²) in [6.07, 6.45) is 3.24. The van der Waals surface area contributed by atoms with Crippen LogP contribution < -0.4 is 0 Å². The molecule has 0 aromatic rings. The highest BCUT2D eigenvalue weighted by Crippen LogP contribution is 3.71. The minimum absolute atomic E-state index is 1.12. The van der Waals surface area contributed by atoms with E-state index < -0.39 is 0 Å². The van der Waals surface area contributed by atoms with E-state index in [-0.39, 0.29) is 0 Å². The molecule has 62 valence electrons. The first-order chi connectivity index (χ1) is 6.40. The molecule has 9 rings (SSSR count). The Labute approximate surface area is 76.1 Å². The van der Waals surface area contributed by atoms with Crippen LogP contribution in [0.4, 0.5) is 0 Å². The molecule has 10 atom stereocenters. The third-order valence-electron chi connectivity index (χ3n) is 9.98. The fourth-order valence-corrected chi connectivity index (χ4v) is 11.1. The van der Waals surface area contributed by atoms with Gasteiger partial charge in [0.2, 0.25) is 0 Å². The zero-order valence-electron chi connectivity index (χ0n) is 7.65. The Morgan fingerprint density at radius 1 is 1.15 bits per heavy atom. The predicted octanol–water partition coefficient (Wildman–Crippen LogP) is 1.66. The molecule has 0 amide bonds. The van der Waals surface area contributed by atoms with Crippen molar-refractivity contribution in [3.63, 3.8) is 0 Å². The number of rotatable bonds is 1. The lowest BCUT2D eigenvalue weighted by molar-refractivity contribution is 0.324. The Kier molecular flexibility index (Phi) is 0.169. The van der Waals surface area contributed by atoms with Crippen LogP contribution in [-0.4, -0.2) is 0 Å².